The number of nitrogens with zero attached hydrogens (tertiary/aromatic N) is 2. The second-order valence-electron chi connectivity index (χ2n) is 4.75. The van der Waals surface area contributed by atoms with E-state index in [4.69, 9.17) is 9.47 Å². The zero-order valence-corrected chi connectivity index (χ0v) is 12.4. The Bertz CT molecular complexity index is 542. The lowest BCUT2D eigenvalue weighted by molar-refractivity contribution is -0.385. The molecule has 7 heteroatoms. The molecule has 1 atom stereocenters. The summed E-state index contributed by atoms with van der Waals surface area (Å²) in [5.74, 6) is 0.628. The first-order valence-corrected chi connectivity index (χ1v) is 6.57. The smallest absolute Gasteiger partial charge is 0.273 e. The molecular weight excluding hydrogens is 274 g/mol. The van der Waals surface area contributed by atoms with Gasteiger partial charge in [-0.1, -0.05) is 6.92 Å². The van der Waals surface area contributed by atoms with Crippen molar-refractivity contribution in [3.63, 3.8) is 0 Å². The number of non-ortho nitro benzene ring substituents is 1. The highest BCUT2D eigenvalue weighted by Gasteiger charge is 2.25. The van der Waals surface area contributed by atoms with Gasteiger partial charge in [0, 0.05) is 6.07 Å². The molecular formula is C14H19N3O4. The molecule has 0 spiro atoms. The third-order valence-electron chi connectivity index (χ3n) is 2.89. The number of nitro benzene ring substituents is 1. The highest BCUT2D eigenvalue weighted by molar-refractivity contribution is 5.48. The van der Waals surface area contributed by atoms with Gasteiger partial charge in [-0.15, -0.1) is 0 Å². The molecule has 1 unspecified atom stereocenters. The number of rotatable bonds is 8. The van der Waals surface area contributed by atoms with Crippen LogP contribution in [0.2, 0.25) is 0 Å². The molecule has 0 radical (unpaired) electrons. The Morgan fingerprint density at radius 3 is 2.71 bits per heavy atom. The van der Waals surface area contributed by atoms with E-state index in [-0.39, 0.29) is 18.0 Å². The first-order valence-electron chi connectivity index (χ1n) is 6.57. The molecule has 0 bridgehead atoms. The van der Waals surface area contributed by atoms with Crippen LogP contribution in [0.5, 0.6) is 11.5 Å². The normalized spacial score (nSPS) is 13.0. The first kappa shape index (κ1) is 16.7. The summed E-state index contributed by atoms with van der Waals surface area (Å²) >= 11 is 0. The van der Waals surface area contributed by atoms with Gasteiger partial charge in [-0.05, 0) is 26.0 Å². The molecule has 0 aliphatic rings. The number of hydrogen-bond donors (Lipinski definition) is 1. The second kappa shape index (κ2) is 7.45. The average molecular weight is 293 g/mol. The van der Waals surface area contributed by atoms with E-state index in [2.05, 4.69) is 11.4 Å². The van der Waals surface area contributed by atoms with Crippen LogP contribution in [0.1, 0.15) is 20.3 Å². The molecule has 1 aromatic carbocycles. The van der Waals surface area contributed by atoms with E-state index in [0.717, 1.165) is 6.42 Å². The third-order valence-corrected chi connectivity index (χ3v) is 2.89. The SMILES string of the molecule is CCCNC(C)(C#N)COc1cc([N+](=O)[O-])ccc1OC. The maximum Gasteiger partial charge on any atom is 0.273 e. The first-order chi connectivity index (χ1) is 9.95. The third kappa shape index (κ3) is 4.61. The van der Waals surface area contributed by atoms with E-state index in [1.165, 1.54) is 25.3 Å². The number of methoxy groups -OCH3 is 1. The lowest BCUT2D eigenvalue weighted by Crippen LogP contribution is -2.46. The maximum absolute atomic E-state index is 10.8. The molecule has 0 aromatic heterocycles. The van der Waals surface area contributed by atoms with Gasteiger partial charge in [-0.25, -0.2) is 0 Å². The van der Waals surface area contributed by atoms with Crippen LogP contribution in [0, 0.1) is 21.4 Å². The summed E-state index contributed by atoms with van der Waals surface area (Å²) in [4.78, 5) is 10.3. The van der Waals surface area contributed by atoms with E-state index in [9.17, 15) is 15.4 Å². The van der Waals surface area contributed by atoms with Gasteiger partial charge in [0.05, 0.1) is 24.2 Å². The van der Waals surface area contributed by atoms with Crippen molar-refractivity contribution in [3.05, 3.63) is 28.3 Å². The molecule has 7 nitrogen and oxygen atoms in total. The molecule has 0 amide bonds. The summed E-state index contributed by atoms with van der Waals surface area (Å²) in [5.41, 5.74) is -0.961. The molecule has 0 aliphatic carbocycles. The summed E-state index contributed by atoms with van der Waals surface area (Å²) in [6.07, 6.45) is 0.886. The van der Waals surface area contributed by atoms with Crippen molar-refractivity contribution >= 4 is 5.69 Å². The number of nitro groups is 1. The maximum atomic E-state index is 10.8. The van der Waals surface area contributed by atoms with Crippen molar-refractivity contribution in [1.82, 2.24) is 5.32 Å². The van der Waals surface area contributed by atoms with E-state index < -0.39 is 10.5 Å². The zero-order chi connectivity index (χ0) is 15.9. The fraction of sp³-hybridized carbons (Fsp3) is 0.500. The summed E-state index contributed by atoms with van der Waals surface area (Å²) in [6, 6.07) is 6.24. The second-order valence-corrected chi connectivity index (χ2v) is 4.75. The van der Waals surface area contributed by atoms with Crippen LogP contribution in [-0.2, 0) is 0 Å². The summed E-state index contributed by atoms with van der Waals surface area (Å²) in [7, 11) is 1.45. The van der Waals surface area contributed by atoms with Crippen LogP contribution in [0.25, 0.3) is 0 Å². The molecule has 0 saturated carbocycles. The summed E-state index contributed by atoms with van der Waals surface area (Å²) in [6.45, 7) is 4.45. The summed E-state index contributed by atoms with van der Waals surface area (Å²) < 4.78 is 10.7. The molecule has 114 valence electrons. The highest BCUT2D eigenvalue weighted by Crippen LogP contribution is 2.31. The molecule has 1 aromatic rings. The molecule has 21 heavy (non-hydrogen) atoms. The number of hydrogen-bond acceptors (Lipinski definition) is 6. The van der Waals surface area contributed by atoms with Crippen molar-refractivity contribution in [2.45, 2.75) is 25.8 Å². The molecule has 0 aliphatic heterocycles. The van der Waals surface area contributed by atoms with Crippen LogP contribution in [0.15, 0.2) is 18.2 Å². The summed E-state index contributed by atoms with van der Waals surface area (Å²) in [5, 5.41) is 23.1. The van der Waals surface area contributed by atoms with Crippen molar-refractivity contribution in [2.24, 2.45) is 0 Å². The van der Waals surface area contributed by atoms with Crippen molar-refractivity contribution < 1.29 is 14.4 Å². The van der Waals surface area contributed by atoms with E-state index in [1.807, 2.05) is 6.92 Å². The largest absolute Gasteiger partial charge is 0.493 e. The molecule has 1 rings (SSSR count). The highest BCUT2D eigenvalue weighted by atomic mass is 16.6. The van der Waals surface area contributed by atoms with E-state index in [0.29, 0.717) is 12.3 Å². The topological polar surface area (TPSA) is 97.4 Å². The minimum Gasteiger partial charge on any atom is -0.493 e. The average Bonchev–Trinajstić information content (AvgIpc) is 2.50. The number of nitriles is 1. The van der Waals surface area contributed by atoms with Gasteiger partial charge in [0.2, 0.25) is 0 Å². The van der Waals surface area contributed by atoms with Gasteiger partial charge in [0.15, 0.2) is 11.5 Å². The zero-order valence-electron chi connectivity index (χ0n) is 12.4. The fourth-order valence-corrected chi connectivity index (χ4v) is 1.64. The van der Waals surface area contributed by atoms with Crippen molar-refractivity contribution in [2.75, 3.05) is 20.3 Å². The molecule has 0 saturated heterocycles. The van der Waals surface area contributed by atoms with Crippen molar-refractivity contribution in [3.8, 4) is 17.6 Å². The monoisotopic (exact) mass is 293 g/mol. The fourth-order valence-electron chi connectivity index (χ4n) is 1.64. The quantitative estimate of drug-likeness (QED) is 0.583. The van der Waals surface area contributed by atoms with Crippen LogP contribution >= 0.6 is 0 Å². The Morgan fingerprint density at radius 2 is 2.19 bits per heavy atom. The van der Waals surface area contributed by atoms with Crippen LogP contribution in [0.4, 0.5) is 5.69 Å². The standard InChI is InChI=1S/C14H19N3O4/c1-4-7-16-14(2,9-15)10-21-13-8-11(17(18)19)5-6-12(13)20-3/h5-6,8,16H,4,7,10H2,1-3H3. The van der Waals surface area contributed by atoms with E-state index in [1.54, 1.807) is 6.92 Å². The Labute approximate surface area is 123 Å². The Kier molecular flexibility index (Phi) is 5.93. The number of ether oxygens (including phenoxy) is 2. The Balaban J connectivity index is 2.88. The van der Waals surface area contributed by atoms with Gasteiger partial charge < -0.3 is 9.47 Å². The Morgan fingerprint density at radius 1 is 1.48 bits per heavy atom. The van der Waals surface area contributed by atoms with Gasteiger partial charge in [0.25, 0.3) is 5.69 Å². The molecule has 0 heterocycles. The lowest BCUT2D eigenvalue weighted by Gasteiger charge is -2.23. The number of nitrogens with one attached hydrogen (secondary N) is 1. The van der Waals surface area contributed by atoms with Crippen LogP contribution < -0.4 is 14.8 Å². The van der Waals surface area contributed by atoms with Gasteiger partial charge in [-0.2, -0.15) is 5.26 Å². The molecule has 0 fully saturated rings. The van der Waals surface area contributed by atoms with Crippen LogP contribution in [-0.4, -0.2) is 30.7 Å². The predicted molar refractivity (Wildman–Crippen MR) is 77.5 cm³/mol. The van der Waals surface area contributed by atoms with Gasteiger partial charge in [-0.3, -0.25) is 15.4 Å². The van der Waals surface area contributed by atoms with Crippen molar-refractivity contribution in [1.29, 1.82) is 5.26 Å². The van der Waals surface area contributed by atoms with Gasteiger partial charge >= 0.3 is 0 Å². The minimum absolute atomic E-state index is 0.0566. The van der Waals surface area contributed by atoms with Gasteiger partial charge in [0.1, 0.15) is 12.1 Å². The predicted octanol–water partition coefficient (Wildman–Crippen LogP) is 2.26. The Hall–Kier alpha value is -2.33. The lowest BCUT2D eigenvalue weighted by atomic mass is 10.1. The van der Waals surface area contributed by atoms with E-state index >= 15 is 0 Å². The minimum atomic E-state index is -0.869. The molecule has 1 N–H and O–H groups in total. The number of benzene rings is 1. The van der Waals surface area contributed by atoms with Crippen LogP contribution in [0.3, 0.4) is 0 Å².